The van der Waals surface area contributed by atoms with E-state index in [2.05, 4.69) is 15.6 Å². The Morgan fingerprint density at radius 1 is 1.37 bits per heavy atom. The van der Waals surface area contributed by atoms with Gasteiger partial charge in [0.25, 0.3) is 11.8 Å². The number of aromatic nitrogens is 2. The first-order chi connectivity index (χ1) is 14.4. The maximum Gasteiger partial charge on any atom is 0.253 e. The van der Waals surface area contributed by atoms with Crippen molar-refractivity contribution >= 4 is 35.7 Å². The third-order valence-corrected chi connectivity index (χ3v) is 5.10. The standard InChI is InChI=1S/C20H21BFN4O3S/c1-12-5-4-6-13(9-12)16-17(22)30-20(24-16)25-19(28)15(11-29-3)23-18(27)14-7-8-26(10-14)21-2/h4-10,15H,11H2,1-3H3,(H,23,27)(H,24,25,28). The summed E-state index contributed by atoms with van der Waals surface area (Å²) in [5.74, 6) is -0.963. The van der Waals surface area contributed by atoms with Gasteiger partial charge in [-0.3, -0.25) is 14.9 Å². The van der Waals surface area contributed by atoms with Gasteiger partial charge < -0.3 is 14.5 Å². The van der Waals surface area contributed by atoms with Crippen LogP contribution in [0.25, 0.3) is 11.3 Å². The molecule has 2 amide bonds. The lowest BCUT2D eigenvalue weighted by Gasteiger charge is -2.16. The van der Waals surface area contributed by atoms with Gasteiger partial charge in [0.2, 0.25) is 12.5 Å². The Balaban J connectivity index is 1.72. The summed E-state index contributed by atoms with van der Waals surface area (Å²) < 4.78 is 21.2. The van der Waals surface area contributed by atoms with Gasteiger partial charge in [0.1, 0.15) is 11.7 Å². The lowest BCUT2D eigenvalue weighted by molar-refractivity contribution is -0.119. The Morgan fingerprint density at radius 2 is 2.17 bits per heavy atom. The van der Waals surface area contributed by atoms with E-state index in [9.17, 15) is 14.0 Å². The summed E-state index contributed by atoms with van der Waals surface area (Å²) in [6, 6.07) is 7.96. The minimum absolute atomic E-state index is 0.0449. The van der Waals surface area contributed by atoms with Gasteiger partial charge in [-0.05, 0) is 25.3 Å². The zero-order valence-corrected chi connectivity index (χ0v) is 17.6. The van der Waals surface area contributed by atoms with Gasteiger partial charge in [-0.2, -0.15) is 4.39 Å². The molecule has 1 radical (unpaired) electrons. The van der Waals surface area contributed by atoms with Crippen molar-refractivity contribution in [1.82, 2.24) is 14.8 Å². The van der Waals surface area contributed by atoms with Crippen LogP contribution in [-0.4, -0.2) is 48.4 Å². The molecule has 0 spiro atoms. The van der Waals surface area contributed by atoms with Gasteiger partial charge >= 0.3 is 0 Å². The Bertz CT molecular complexity index is 1050. The molecule has 3 rings (SSSR count). The van der Waals surface area contributed by atoms with Gasteiger partial charge in [0.05, 0.1) is 12.2 Å². The topological polar surface area (TPSA) is 85.2 Å². The SMILES string of the molecule is C[B]n1ccc(C(=O)NC(COC)C(=O)Nc2nc(-c3cccc(C)c3)c(F)s2)c1. The molecule has 0 aliphatic carbocycles. The Kier molecular flexibility index (Phi) is 7.01. The number of rotatable bonds is 8. The molecular weight excluding hydrogens is 406 g/mol. The second kappa shape index (κ2) is 9.68. The molecule has 2 aromatic heterocycles. The molecule has 1 unspecified atom stereocenters. The van der Waals surface area contributed by atoms with Gasteiger partial charge in [0, 0.05) is 18.9 Å². The van der Waals surface area contributed by atoms with Crippen LogP contribution < -0.4 is 10.6 Å². The van der Waals surface area contributed by atoms with Crippen molar-refractivity contribution < 1.29 is 18.7 Å². The van der Waals surface area contributed by atoms with Crippen molar-refractivity contribution in [2.75, 3.05) is 19.0 Å². The van der Waals surface area contributed by atoms with Crippen LogP contribution in [0.1, 0.15) is 15.9 Å². The highest BCUT2D eigenvalue weighted by Crippen LogP contribution is 2.30. The number of ether oxygens (including phenoxy) is 1. The predicted octanol–water partition coefficient (Wildman–Crippen LogP) is 2.96. The van der Waals surface area contributed by atoms with E-state index in [4.69, 9.17) is 4.74 Å². The number of anilines is 1. The average Bonchev–Trinajstić information content (AvgIpc) is 3.34. The summed E-state index contributed by atoms with van der Waals surface area (Å²) in [5.41, 5.74) is 2.18. The maximum atomic E-state index is 14.4. The van der Waals surface area contributed by atoms with Crippen LogP contribution in [0.4, 0.5) is 9.52 Å². The summed E-state index contributed by atoms with van der Waals surface area (Å²) in [7, 11) is 3.22. The van der Waals surface area contributed by atoms with E-state index in [1.54, 1.807) is 36.4 Å². The molecule has 3 aromatic rings. The first-order valence-corrected chi connectivity index (χ1v) is 10.0. The van der Waals surface area contributed by atoms with E-state index in [0.29, 0.717) is 11.1 Å². The van der Waals surface area contributed by atoms with Crippen molar-refractivity contribution in [3.8, 4) is 11.3 Å². The molecule has 1 aromatic carbocycles. The summed E-state index contributed by atoms with van der Waals surface area (Å²) in [6.07, 6.45) is 3.37. The second-order valence-electron chi connectivity index (χ2n) is 6.59. The molecule has 0 aliphatic heterocycles. The van der Waals surface area contributed by atoms with E-state index >= 15 is 0 Å². The Hall–Kier alpha value is -2.98. The average molecular weight is 427 g/mol. The molecule has 2 heterocycles. The summed E-state index contributed by atoms with van der Waals surface area (Å²) in [4.78, 5) is 29.3. The fourth-order valence-corrected chi connectivity index (χ4v) is 3.54. The number of carbonyl (C=O) groups is 2. The molecule has 30 heavy (non-hydrogen) atoms. The number of hydrogen-bond donors (Lipinski definition) is 2. The number of thiazole rings is 1. The highest BCUT2D eigenvalue weighted by atomic mass is 32.1. The van der Waals surface area contributed by atoms with Crippen LogP contribution in [0.2, 0.25) is 6.82 Å². The predicted molar refractivity (Wildman–Crippen MR) is 115 cm³/mol. The van der Waals surface area contributed by atoms with Crippen molar-refractivity contribution in [3.63, 3.8) is 0 Å². The number of benzene rings is 1. The molecule has 0 fully saturated rings. The largest absolute Gasteiger partial charge is 0.402 e. The van der Waals surface area contributed by atoms with E-state index in [1.807, 2.05) is 31.9 Å². The van der Waals surface area contributed by atoms with Crippen molar-refractivity contribution in [1.29, 1.82) is 0 Å². The van der Waals surface area contributed by atoms with E-state index < -0.39 is 23.0 Å². The fraction of sp³-hybridized carbons (Fsp3) is 0.250. The minimum Gasteiger partial charge on any atom is -0.402 e. The number of hydrogen-bond acceptors (Lipinski definition) is 5. The monoisotopic (exact) mass is 427 g/mol. The Labute approximate surface area is 178 Å². The molecular formula is C20H21BFN4O3S. The van der Waals surface area contributed by atoms with Crippen molar-refractivity contribution in [3.05, 3.63) is 59.0 Å². The molecule has 0 saturated carbocycles. The molecule has 2 N–H and O–H groups in total. The van der Waals surface area contributed by atoms with Crippen LogP contribution in [-0.2, 0) is 9.53 Å². The normalized spacial score (nSPS) is 11.7. The first-order valence-electron chi connectivity index (χ1n) is 9.22. The molecule has 0 saturated heterocycles. The Morgan fingerprint density at radius 3 is 2.83 bits per heavy atom. The molecule has 7 nitrogen and oxygen atoms in total. The molecule has 155 valence electrons. The molecule has 10 heteroatoms. The molecule has 0 bridgehead atoms. The highest BCUT2D eigenvalue weighted by molar-refractivity contribution is 7.14. The lowest BCUT2D eigenvalue weighted by Crippen LogP contribution is -2.46. The van der Waals surface area contributed by atoms with Crippen LogP contribution in [0.3, 0.4) is 0 Å². The second-order valence-corrected chi connectivity index (χ2v) is 7.54. The number of nitrogens with zero attached hydrogens (tertiary/aromatic N) is 2. The van der Waals surface area contributed by atoms with Crippen molar-refractivity contribution in [2.45, 2.75) is 19.8 Å². The summed E-state index contributed by atoms with van der Waals surface area (Å²) >= 11 is 0.730. The van der Waals surface area contributed by atoms with Crippen molar-refractivity contribution in [2.24, 2.45) is 0 Å². The minimum atomic E-state index is -0.967. The van der Waals surface area contributed by atoms with Gasteiger partial charge in [0.15, 0.2) is 5.13 Å². The fourth-order valence-electron chi connectivity index (χ4n) is 2.82. The van der Waals surface area contributed by atoms with Crippen LogP contribution in [0.5, 0.6) is 0 Å². The number of halogens is 1. The summed E-state index contributed by atoms with van der Waals surface area (Å²) in [6.45, 7) is 3.69. The zero-order chi connectivity index (χ0) is 21.7. The number of amides is 2. The van der Waals surface area contributed by atoms with Crippen LogP contribution >= 0.6 is 11.3 Å². The van der Waals surface area contributed by atoms with Gasteiger partial charge in [-0.1, -0.05) is 41.9 Å². The maximum absolute atomic E-state index is 14.4. The van der Waals surface area contributed by atoms with E-state index in [0.717, 1.165) is 16.9 Å². The van der Waals surface area contributed by atoms with Gasteiger partial charge in [-0.15, -0.1) is 0 Å². The quantitative estimate of drug-likeness (QED) is 0.542. The smallest absolute Gasteiger partial charge is 0.253 e. The molecule has 0 aliphatic rings. The third-order valence-electron chi connectivity index (χ3n) is 4.34. The van der Waals surface area contributed by atoms with E-state index in [-0.39, 0.29) is 17.4 Å². The first kappa shape index (κ1) is 21.7. The number of nitrogens with one attached hydrogen (secondary N) is 2. The lowest BCUT2D eigenvalue weighted by atomic mass is 10.0. The zero-order valence-electron chi connectivity index (χ0n) is 16.8. The number of methoxy groups -OCH3 is 1. The number of carbonyl (C=O) groups excluding carboxylic acids is 2. The molecule has 1 atom stereocenters. The highest BCUT2D eigenvalue weighted by Gasteiger charge is 2.24. The summed E-state index contributed by atoms with van der Waals surface area (Å²) in [5, 5.41) is 4.81. The van der Waals surface area contributed by atoms with Crippen LogP contribution in [0, 0.1) is 12.1 Å². The third kappa shape index (κ3) is 5.14. The van der Waals surface area contributed by atoms with Crippen LogP contribution in [0.15, 0.2) is 42.7 Å². The number of aryl methyl sites for hydroxylation is 1. The van der Waals surface area contributed by atoms with E-state index in [1.165, 1.54) is 7.11 Å². The van der Waals surface area contributed by atoms with Gasteiger partial charge in [-0.25, -0.2) is 4.98 Å².